The summed E-state index contributed by atoms with van der Waals surface area (Å²) in [4.78, 5) is 16.1. The van der Waals surface area contributed by atoms with Gasteiger partial charge in [0.05, 0.1) is 11.8 Å². The Morgan fingerprint density at radius 2 is 2.26 bits per heavy atom. The van der Waals surface area contributed by atoms with Gasteiger partial charge in [0.1, 0.15) is 17.6 Å². The summed E-state index contributed by atoms with van der Waals surface area (Å²) >= 11 is 1.93. The second-order valence-corrected chi connectivity index (χ2v) is 5.29. The van der Waals surface area contributed by atoms with Crippen molar-refractivity contribution >= 4 is 28.5 Å². The van der Waals surface area contributed by atoms with E-state index in [2.05, 4.69) is 10.3 Å². The molecule has 1 unspecified atom stereocenters. The molecule has 0 spiro atoms. The SMILES string of the molecule is Cc1cnc(C(C)NC(=O)c2ccc(F)cc2I)o1. The number of oxazole rings is 1. The fourth-order valence-corrected chi connectivity index (χ4v) is 2.30. The lowest BCUT2D eigenvalue weighted by Crippen LogP contribution is -2.27. The average Bonchev–Trinajstić information content (AvgIpc) is 2.75. The molecule has 0 fully saturated rings. The van der Waals surface area contributed by atoms with E-state index in [4.69, 9.17) is 4.42 Å². The molecule has 1 atom stereocenters. The van der Waals surface area contributed by atoms with Crippen molar-refractivity contribution < 1.29 is 13.6 Å². The largest absolute Gasteiger partial charge is 0.444 e. The predicted octanol–water partition coefficient (Wildman–Crippen LogP) is 3.22. The van der Waals surface area contributed by atoms with Crippen LogP contribution in [0.4, 0.5) is 4.39 Å². The topological polar surface area (TPSA) is 55.1 Å². The van der Waals surface area contributed by atoms with Crippen molar-refractivity contribution in [1.82, 2.24) is 10.3 Å². The molecule has 4 nitrogen and oxygen atoms in total. The van der Waals surface area contributed by atoms with E-state index in [9.17, 15) is 9.18 Å². The second-order valence-electron chi connectivity index (χ2n) is 4.13. The van der Waals surface area contributed by atoms with E-state index in [0.717, 1.165) is 0 Å². The van der Waals surface area contributed by atoms with Crippen molar-refractivity contribution in [3.8, 4) is 0 Å². The maximum Gasteiger partial charge on any atom is 0.252 e. The van der Waals surface area contributed by atoms with E-state index in [0.29, 0.717) is 20.8 Å². The van der Waals surface area contributed by atoms with Crippen LogP contribution in [0, 0.1) is 16.3 Å². The Hall–Kier alpha value is -1.44. The smallest absolute Gasteiger partial charge is 0.252 e. The monoisotopic (exact) mass is 374 g/mol. The maximum atomic E-state index is 13.0. The first-order chi connectivity index (χ1) is 8.97. The maximum absolute atomic E-state index is 13.0. The summed E-state index contributed by atoms with van der Waals surface area (Å²) in [5.74, 6) is 0.487. The molecule has 0 aliphatic rings. The van der Waals surface area contributed by atoms with Gasteiger partial charge in [0.15, 0.2) is 0 Å². The van der Waals surface area contributed by atoms with Gasteiger partial charge in [-0.25, -0.2) is 9.37 Å². The molecule has 1 aromatic heterocycles. The third-order valence-electron chi connectivity index (χ3n) is 2.53. The Labute approximate surface area is 123 Å². The van der Waals surface area contributed by atoms with Crippen molar-refractivity contribution in [2.24, 2.45) is 0 Å². The Kier molecular flexibility index (Phi) is 4.18. The molecule has 1 amide bonds. The molecular weight excluding hydrogens is 362 g/mol. The number of nitrogens with zero attached hydrogens (tertiary/aromatic N) is 1. The fourth-order valence-electron chi connectivity index (χ4n) is 1.58. The molecule has 1 aromatic carbocycles. The number of hydrogen-bond donors (Lipinski definition) is 1. The molecule has 1 heterocycles. The highest BCUT2D eigenvalue weighted by atomic mass is 127. The third-order valence-corrected chi connectivity index (χ3v) is 3.43. The van der Waals surface area contributed by atoms with Crippen molar-refractivity contribution in [3.63, 3.8) is 0 Å². The number of aryl methyl sites for hydroxylation is 1. The molecule has 2 rings (SSSR count). The van der Waals surface area contributed by atoms with E-state index in [-0.39, 0.29) is 17.8 Å². The van der Waals surface area contributed by atoms with E-state index in [1.165, 1.54) is 18.2 Å². The highest BCUT2D eigenvalue weighted by Crippen LogP contribution is 2.17. The lowest BCUT2D eigenvalue weighted by Gasteiger charge is -2.11. The zero-order valence-electron chi connectivity index (χ0n) is 10.4. The number of carbonyl (C=O) groups is 1. The third kappa shape index (κ3) is 3.31. The lowest BCUT2D eigenvalue weighted by atomic mass is 10.2. The van der Waals surface area contributed by atoms with Gasteiger partial charge < -0.3 is 9.73 Å². The Morgan fingerprint density at radius 1 is 1.53 bits per heavy atom. The van der Waals surface area contributed by atoms with Crippen molar-refractivity contribution in [2.75, 3.05) is 0 Å². The predicted molar refractivity (Wildman–Crippen MR) is 76.2 cm³/mol. The van der Waals surface area contributed by atoms with Crippen LogP contribution in [-0.2, 0) is 0 Å². The summed E-state index contributed by atoms with van der Waals surface area (Å²) in [6.45, 7) is 3.56. The van der Waals surface area contributed by atoms with Crippen LogP contribution >= 0.6 is 22.6 Å². The van der Waals surface area contributed by atoms with Crippen LogP contribution in [0.3, 0.4) is 0 Å². The second kappa shape index (κ2) is 5.68. The van der Waals surface area contributed by atoms with Crippen LogP contribution < -0.4 is 5.32 Å². The Balaban J connectivity index is 2.12. The van der Waals surface area contributed by atoms with E-state index >= 15 is 0 Å². The molecule has 0 saturated carbocycles. The number of amides is 1. The number of nitrogens with one attached hydrogen (secondary N) is 1. The number of aromatic nitrogens is 1. The summed E-state index contributed by atoms with van der Waals surface area (Å²) in [6.07, 6.45) is 1.60. The number of hydrogen-bond acceptors (Lipinski definition) is 3. The number of halogens is 2. The minimum absolute atomic E-state index is 0.284. The van der Waals surface area contributed by atoms with Gasteiger partial charge >= 0.3 is 0 Å². The molecule has 0 bridgehead atoms. The van der Waals surface area contributed by atoms with E-state index < -0.39 is 0 Å². The van der Waals surface area contributed by atoms with Crippen molar-refractivity contribution in [3.05, 3.63) is 51.0 Å². The standard InChI is InChI=1S/C13H12FIN2O2/c1-7-6-16-13(19-7)8(2)17-12(18)10-4-3-9(14)5-11(10)15/h3-6,8H,1-2H3,(H,17,18). The van der Waals surface area contributed by atoms with Gasteiger partial charge in [-0.05, 0) is 54.6 Å². The van der Waals surface area contributed by atoms with Gasteiger partial charge in [0, 0.05) is 3.57 Å². The van der Waals surface area contributed by atoms with Gasteiger partial charge in [0.25, 0.3) is 5.91 Å². The lowest BCUT2D eigenvalue weighted by molar-refractivity contribution is 0.0933. The van der Waals surface area contributed by atoms with Crippen molar-refractivity contribution in [2.45, 2.75) is 19.9 Å². The zero-order valence-corrected chi connectivity index (χ0v) is 12.6. The van der Waals surface area contributed by atoms with Gasteiger partial charge in [-0.2, -0.15) is 0 Å². The van der Waals surface area contributed by atoms with Crippen LogP contribution in [0.25, 0.3) is 0 Å². The van der Waals surface area contributed by atoms with Crippen LogP contribution in [0.15, 0.2) is 28.8 Å². The van der Waals surface area contributed by atoms with Gasteiger partial charge in [-0.3, -0.25) is 4.79 Å². The van der Waals surface area contributed by atoms with Crippen LogP contribution in [-0.4, -0.2) is 10.9 Å². The first-order valence-electron chi connectivity index (χ1n) is 5.65. The summed E-state index contributed by atoms with van der Waals surface area (Å²) in [7, 11) is 0. The molecular formula is C13H12FIN2O2. The van der Waals surface area contributed by atoms with Crippen LogP contribution in [0.5, 0.6) is 0 Å². The van der Waals surface area contributed by atoms with Crippen LogP contribution in [0.2, 0.25) is 0 Å². The van der Waals surface area contributed by atoms with Crippen LogP contribution in [0.1, 0.15) is 35.0 Å². The molecule has 6 heteroatoms. The number of carbonyl (C=O) groups excluding carboxylic acids is 1. The number of benzene rings is 1. The molecule has 19 heavy (non-hydrogen) atoms. The first-order valence-corrected chi connectivity index (χ1v) is 6.73. The number of rotatable bonds is 3. The van der Waals surface area contributed by atoms with Gasteiger partial charge in [-0.1, -0.05) is 0 Å². The minimum Gasteiger partial charge on any atom is -0.444 e. The average molecular weight is 374 g/mol. The molecule has 100 valence electrons. The van der Waals surface area contributed by atoms with E-state index in [1.54, 1.807) is 20.0 Å². The van der Waals surface area contributed by atoms with Gasteiger partial charge in [0.2, 0.25) is 5.89 Å². The fraction of sp³-hybridized carbons (Fsp3) is 0.231. The van der Waals surface area contributed by atoms with Crippen molar-refractivity contribution in [1.29, 1.82) is 0 Å². The zero-order chi connectivity index (χ0) is 14.0. The van der Waals surface area contributed by atoms with E-state index in [1.807, 2.05) is 22.6 Å². The summed E-state index contributed by atoms with van der Waals surface area (Å²) < 4.78 is 18.9. The summed E-state index contributed by atoms with van der Waals surface area (Å²) in [5, 5.41) is 2.76. The molecule has 0 aliphatic carbocycles. The first kappa shape index (κ1) is 14.0. The van der Waals surface area contributed by atoms with Gasteiger partial charge in [-0.15, -0.1) is 0 Å². The minimum atomic E-state index is -0.364. The summed E-state index contributed by atoms with van der Waals surface area (Å²) in [5.41, 5.74) is 0.428. The molecule has 0 saturated heterocycles. The molecule has 0 aliphatic heterocycles. The molecule has 1 N–H and O–H groups in total. The Bertz CT molecular complexity index is 612. The highest BCUT2D eigenvalue weighted by molar-refractivity contribution is 14.1. The quantitative estimate of drug-likeness (QED) is 0.840. The summed E-state index contributed by atoms with van der Waals surface area (Å²) in [6, 6.07) is 3.69. The normalized spacial score (nSPS) is 12.2. The Morgan fingerprint density at radius 3 is 2.84 bits per heavy atom. The highest BCUT2D eigenvalue weighted by Gasteiger charge is 2.17. The molecule has 0 radical (unpaired) electrons. The molecule has 2 aromatic rings.